The molecule has 0 radical (unpaired) electrons. The van der Waals surface area contributed by atoms with Crippen LogP contribution in [0.15, 0.2) is 0 Å². The van der Waals surface area contributed by atoms with E-state index in [1.54, 1.807) is 0 Å². The van der Waals surface area contributed by atoms with Crippen molar-refractivity contribution in [3.8, 4) is 0 Å². The number of piperidine rings is 1. The molecule has 3 heteroatoms. The number of hydrogen-bond acceptors (Lipinski definition) is 2. The molecule has 3 nitrogen and oxygen atoms in total. The summed E-state index contributed by atoms with van der Waals surface area (Å²) in [6.45, 7) is 6.02. The van der Waals surface area contributed by atoms with Gasteiger partial charge in [-0.2, -0.15) is 0 Å². The molecule has 0 spiro atoms. The van der Waals surface area contributed by atoms with Crippen molar-refractivity contribution in [2.24, 2.45) is 11.7 Å². The Bertz CT molecular complexity index is 255. The molecule has 0 aromatic heterocycles. The summed E-state index contributed by atoms with van der Waals surface area (Å²) in [5.41, 5.74) is 5.81. The second-order valence-corrected chi connectivity index (χ2v) is 6.12. The van der Waals surface area contributed by atoms with Gasteiger partial charge in [-0.05, 0) is 25.2 Å². The van der Waals surface area contributed by atoms with Crippen molar-refractivity contribution in [2.45, 2.75) is 77.7 Å². The van der Waals surface area contributed by atoms with Crippen LogP contribution in [0.5, 0.6) is 0 Å². The predicted octanol–water partition coefficient (Wildman–Crippen LogP) is 3.32. The van der Waals surface area contributed by atoms with E-state index in [0.29, 0.717) is 18.4 Å². The molecule has 1 amide bonds. The molecule has 2 atom stereocenters. The van der Waals surface area contributed by atoms with Crippen LogP contribution in [-0.4, -0.2) is 29.9 Å². The first-order chi connectivity index (χ1) is 9.19. The van der Waals surface area contributed by atoms with Gasteiger partial charge in [-0.25, -0.2) is 0 Å². The summed E-state index contributed by atoms with van der Waals surface area (Å²) in [4.78, 5) is 14.3. The summed E-state index contributed by atoms with van der Waals surface area (Å²) >= 11 is 0. The number of nitrogens with two attached hydrogens (primary N) is 1. The van der Waals surface area contributed by atoms with Gasteiger partial charge in [0.05, 0.1) is 0 Å². The van der Waals surface area contributed by atoms with Gasteiger partial charge in [-0.3, -0.25) is 4.79 Å². The Balaban J connectivity index is 2.20. The summed E-state index contributed by atoms with van der Waals surface area (Å²) in [5.74, 6) is 1.05. The summed E-state index contributed by atoms with van der Waals surface area (Å²) in [5, 5.41) is 0. The Morgan fingerprint density at radius 1 is 1.21 bits per heavy atom. The third-order valence-corrected chi connectivity index (χ3v) is 4.31. The molecule has 0 bridgehead atoms. The molecular weight excluding hydrogens is 236 g/mol. The summed E-state index contributed by atoms with van der Waals surface area (Å²) in [6, 6.07) is 0.288. The molecule has 1 aliphatic rings. The molecule has 1 aliphatic heterocycles. The maximum atomic E-state index is 12.2. The minimum absolute atomic E-state index is 0.288. The second-order valence-electron chi connectivity index (χ2n) is 6.12. The fraction of sp³-hybridized carbons (Fsp3) is 0.938. The largest absolute Gasteiger partial charge is 0.338 e. The smallest absolute Gasteiger partial charge is 0.222 e. The zero-order valence-corrected chi connectivity index (χ0v) is 12.9. The predicted molar refractivity (Wildman–Crippen MR) is 80.9 cm³/mol. The van der Waals surface area contributed by atoms with Crippen molar-refractivity contribution in [1.29, 1.82) is 0 Å². The number of unbranched alkanes of at least 4 members (excludes halogenated alkanes) is 5. The Morgan fingerprint density at radius 3 is 2.58 bits per heavy atom. The average molecular weight is 268 g/mol. The molecule has 2 N–H and O–H groups in total. The van der Waals surface area contributed by atoms with Crippen molar-refractivity contribution in [2.75, 3.05) is 13.1 Å². The number of hydrogen-bond donors (Lipinski definition) is 1. The lowest BCUT2D eigenvalue weighted by Gasteiger charge is -2.38. The molecule has 1 fully saturated rings. The molecule has 0 aromatic carbocycles. The fourth-order valence-corrected chi connectivity index (χ4v) is 3.00. The monoisotopic (exact) mass is 268 g/mol. The van der Waals surface area contributed by atoms with Gasteiger partial charge in [0.2, 0.25) is 5.91 Å². The first kappa shape index (κ1) is 16.5. The van der Waals surface area contributed by atoms with Crippen LogP contribution in [0.25, 0.3) is 0 Å². The number of carbonyl (C=O) groups is 1. The zero-order chi connectivity index (χ0) is 14.1. The van der Waals surface area contributed by atoms with Crippen LogP contribution in [0.2, 0.25) is 0 Å². The number of carbonyl (C=O) groups excluding carboxylic acids is 1. The Kier molecular flexibility index (Phi) is 8.11. The third-order valence-electron chi connectivity index (χ3n) is 4.31. The van der Waals surface area contributed by atoms with Gasteiger partial charge in [0, 0.05) is 25.6 Å². The normalized spacial score (nSPS) is 23.6. The second kappa shape index (κ2) is 9.35. The van der Waals surface area contributed by atoms with Crippen LogP contribution >= 0.6 is 0 Å². The molecule has 112 valence electrons. The minimum atomic E-state index is 0.288. The van der Waals surface area contributed by atoms with Gasteiger partial charge in [0.25, 0.3) is 0 Å². The maximum absolute atomic E-state index is 12.2. The highest BCUT2D eigenvalue weighted by Gasteiger charge is 2.28. The van der Waals surface area contributed by atoms with E-state index in [9.17, 15) is 4.79 Å². The quantitative estimate of drug-likeness (QED) is 0.686. The fourth-order valence-electron chi connectivity index (χ4n) is 3.00. The lowest BCUT2D eigenvalue weighted by molar-refractivity contribution is -0.135. The number of amides is 1. The van der Waals surface area contributed by atoms with Gasteiger partial charge in [-0.1, -0.05) is 46.0 Å². The van der Waals surface area contributed by atoms with Crippen molar-refractivity contribution < 1.29 is 4.79 Å². The molecule has 1 rings (SSSR count). The topological polar surface area (TPSA) is 46.3 Å². The van der Waals surface area contributed by atoms with Crippen LogP contribution in [0.3, 0.4) is 0 Å². The first-order valence-corrected chi connectivity index (χ1v) is 8.18. The molecule has 19 heavy (non-hydrogen) atoms. The van der Waals surface area contributed by atoms with Crippen LogP contribution < -0.4 is 5.73 Å². The van der Waals surface area contributed by atoms with Crippen molar-refractivity contribution >= 4 is 5.91 Å². The number of rotatable bonds is 8. The molecule has 0 saturated carbocycles. The Morgan fingerprint density at radius 2 is 1.89 bits per heavy atom. The third kappa shape index (κ3) is 5.94. The lowest BCUT2D eigenvalue weighted by atomic mass is 9.92. The van der Waals surface area contributed by atoms with Gasteiger partial charge < -0.3 is 10.6 Å². The molecule has 1 saturated heterocycles. The van der Waals surface area contributed by atoms with Crippen molar-refractivity contribution in [3.63, 3.8) is 0 Å². The highest BCUT2D eigenvalue weighted by molar-refractivity contribution is 5.76. The van der Waals surface area contributed by atoms with Gasteiger partial charge in [0.15, 0.2) is 0 Å². The molecular formula is C16H32N2O. The maximum Gasteiger partial charge on any atom is 0.222 e. The zero-order valence-electron chi connectivity index (χ0n) is 12.9. The highest BCUT2D eigenvalue weighted by Crippen LogP contribution is 2.23. The van der Waals surface area contributed by atoms with Crippen molar-refractivity contribution in [3.05, 3.63) is 0 Å². The van der Waals surface area contributed by atoms with E-state index in [0.717, 1.165) is 32.2 Å². The molecule has 1 heterocycles. The summed E-state index contributed by atoms with van der Waals surface area (Å²) < 4.78 is 0. The Labute approximate surface area is 118 Å². The lowest BCUT2D eigenvalue weighted by Crippen LogP contribution is -2.49. The highest BCUT2D eigenvalue weighted by atomic mass is 16.2. The first-order valence-electron chi connectivity index (χ1n) is 8.18. The van der Waals surface area contributed by atoms with E-state index >= 15 is 0 Å². The van der Waals surface area contributed by atoms with Crippen molar-refractivity contribution in [1.82, 2.24) is 4.90 Å². The van der Waals surface area contributed by atoms with E-state index in [-0.39, 0.29) is 6.04 Å². The van der Waals surface area contributed by atoms with E-state index in [2.05, 4.69) is 13.8 Å². The van der Waals surface area contributed by atoms with E-state index in [1.807, 2.05) is 4.90 Å². The Hall–Kier alpha value is -0.570. The molecule has 0 aromatic rings. The molecule has 0 aliphatic carbocycles. The van der Waals surface area contributed by atoms with Crippen LogP contribution in [-0.2, 0) is 4.79 Å². The van der Waals surface area contributed by atoms with Crippen LogP contribution in [0.1, 0.15) is 71.6 Å². The molecule has 2 unspecified atom stereocenters. The van der Waals surface area contributed by atoms with Crippen LogP contribution in [0, 0.1) is 5.92 Å². The number of likely N-dealkylation sites (tertiary alicyclic amines) is 1. The SMILES string of the molecule is CCCCCCCCC(=O)N1CCC(C)CC1CN. The standard InChI is InChI=1S/C16H32N2O/c1-3-4-5-6-7-8-9-16(19)18-11-10-14(2)12-15(18)13-17/h14-15H,3-13,17H2,1-2H3. The average Bonchev–Trinajstić information content (AvgIpc) is 2.42. The van der Waals surface area contributed by atoms with E-state index in [4.69, 9.17) is 5.73 Å². The van der Waals surface area contributed by atoms with Gasteiger partial charge in [0.1, 0.15) is 0 Å². The van der Waals surface area contributed by atoms with E-state index < -0.39 is 0 Å². The summed E-state index contributed by atoms with van der Waals surface area (Å²) in [7, 11) is 0. The van der Waals surface area contributed by atoms with Gasteiger partial charge >= 0.3 is 0 Å². The van der Waals surface area contributed by atoms with Gasteiger partial charge in [-0.15, -0.1) is 0 Å². The minimum Gasteiger partial charge on any atom is -0.338 e. The van der Waals surface area contributed by atoms with Crippen LogP contribution in [0.4, 0.5) is 0 Å². The summed E-state index contributed by atoms with van der Waals surface area (Å²) in [6.07, 6.45) is 10.4. The number of nitrogens with zero attached hydrogens (tertiary/aromatic N) is 1. The van der Waals surface area contributed by atoms with E-state index in [1.165, 1.54) is 32.1 Å².